The minimum atomic E-state index is -1.18. The van der Waals surface area contributed by atoms with Crippen LogP contribution in [0.15, 0.2) is 10.8 Å². The molecule has 0 spiro atoms. The first kappa shape index (κ1) is 22.0. The molecule has 1 fully saturated rings. The van der Waals surface area contributed by atoms with Gasteiger partial charge in [-0.15, -0.1) is 0 Å². The summed E-state index contributed by atoms with van der Waals surface area (Å²) < 4.78 is 18.7. The van der Waals surface area contributed by atoms with Crippen molar-refractivity contribution in [1.29, 1.82) is 0 Å². The van der Waals surface area contributed by atoms with Crippen LogP contribution in [0.25, 0.3) is 22.6 Å². The van der Waals surface area contributed by atoms with Gasteiger partial charge >= 0.3 is 0 Å². The van der Waals surface area contributed by atoms with Gasteiger partial charge in [0.2, 0.25) is 0 Å². The maximum absolute atomic E-state index is 10.0. The van der Waals surface area contributed by atoms with E-state index in [4.69, 9.17) is 24.8 Å². The van der Waals surface area contributed by atoms with Crippen molar-refractivity contribution in [2.24, 2.45) is 0 Å². The maximum Gasteiger partial charge on any atom is 0.199 e. The topological polar surface area (TPSA) is 146 Å². The molecule has 1 aliphatic heterocycles. The molecule has 1 aliphatic rings. The second kappa shape index (κ2) is 8.74. The van der Waals surface area contributed by atoms with Crippen molar-refractivity contribution in [1.82, 2.24) is 30.2 Å². The molecule has 0 aliphatic carbocycles. The Morgan fingerprint density at radius 1 is 1.38 bits per heavy atom. The first-order valence-electron chi connectivity index (χ1n) is 10.5. The average Bonchev–Trinajstić information content (AvgIpc) is 3.33. The molecule has 0 saturated carbocycles. The van der Waals surface area contributed by atoms with Gasteiger partial charge in [0.25, 0.3) is 0 Å². The van der Waals surface area contributed by atoms with Crippen LogP contribution in [0.1, 0.15) is 33.4 Å². The number of imidazole rings is 1. The van der Waals surface area contributed by atoms with Crippen LogP contribution in [0.3, 0.4) is 0 Å². The molecule has 0 bridgehead atoms. The summed E-state index contributed by atoms with van der Waals surface area (Å²) in [5.74, 6) is 6.84. The molecule has 3 aromatic rings. The fraction of sp³-hybridized carbons (Fsp3) is 0.524. The second-order valence-corrected chi connectivity index (χ2v) is 8.19. The van der Waals surface area contributed by atoms with E-state index in [1.165, 1.54) is 0 Å². The lowest BCUT2D eigenvalue weighted by molar-refractivity contribution is -0.0469. The molecule has 11 heteroatoms. The van der Waals surface area contributed by atoms with E-state index in [-0.39, 0.29) is 18.0 Å². The SMILES string of the molecule is CCn1c(-c2nonc2N)nc2c(C#CC(C)(C)O)ncc(OC[C@H]3CNCC(C)O3)c21. The molecule has 0 aromatic carbocycles. The van der Waals surface area contributed by atoms with Crippen LogP contribution in [0.2, 0.25) is 0 Å². The molecule has 1 unspecified atom stereocenters. The lowest BCUT2D eigenvalue weighted by Gasteiger charge is -2.28. The zero-order valence-electron chi connectivity index (χ0n) is 18.5. The maximum atomic E-state index is 10.0. The molecule has 4 rings (SSSR count). The molecular weight excluding hydrogens is 414 g/mol. The number of fused-ring (bicyclic) bond motifs is 1. The summed E-state index contributed by atoms with van der Waals surface area (Å²) in [7, 11) is 0. The van der Waals surface area contributed by atoms with E-state index in [0.29, 0.717) is 53.7 Å². The van der Waals surface area contributed by atoms with E-state index in [0.717, 1.165) is 6.54 Å². The smallest absolute Gasteiger partial charge is 0.199 e. The molecule has 0 amide bonds. The number of aliphatic hydroxyl groups is 1. The fourth-order valence-corrected chi connectivity index (χ4v) is 3.52. The highest BCUT2D eigenvalue weighted by molar-refractivity contribution is 5.89. The standard InChI is InChI=1S/C21H27N7O4/c1-5-28-18-15(30-11-13-9-23-8-12(2)31-13)10-24-14(6-7-21(3,4)29)16(18)25-20(28)17-19(22)27-32-26-17/h10,12-13,23,29H,5,8-9,11H2,1-4H3,(H2,22,27)/t12?,13-/m1/s1. The Kier molecular flexibility index (Phi) is 6.01. The molecule has 0 radical (unpaired) electrons. The number of anilines is 1. The molecule has 4 N–H and O–H groups in total. The quantitative estimate of drug-likeness (QED) is 0.489. The summed E-state index contributed by atoms with van der Waals surface area (Å²) >= 11 is 0. The van der Waals surface area contributed by atoms with Gasteiger partial charge in [0, 0.05) is 19.6 Å². The minimum Gasteiger partial charge on any atom is -0.487 e. The number of pyridine rings is 1. The van der Waals surface area contributed by atoms with E-state index in [1.54, 1.807) is 20.0 Å². The summed E-state index contributed by atoms with van der Waals surface area (Å²) in [6, 6.07) is 0. The highest BCUT2D eigenvalue weighted by Crippen LogP contribution is 2.33. The Labute approximate surface area is 185 Å². The van der Waals surface area contributed by atoms with Crippen LogP contribution in [0.4, 0.5) is 5.82 Å². The lowest BCUT2D eigenvalue weighted by atomic mass is 10.1. The number of hydrogen-bond acceptors (Lipinski definition) is 10. The van der Waals surface area contributed by atoms with Gasteiger partial charge in [-0.3, -0.25) is 0 Å². The number of morpholine rings is 1. The van der Waals surface area contributed by atoms with Crippen LogP contribution in [0.5, 0.6) is 5.75 Å². The van der Waals surface area contributed by atoms with E-state index >= 15 is 0 Å². The Bertz CT molecular complexity index is 1170. The summed E-state index contributed by atoms with van der Waals surface area (Å²) in [6.45, 7) is 9.61. The first-order chi connectivity index (χ1) is 15.3. The van der Waals surface area contributed by atoms with Crippen molar-refractivity contribution >= 4 is 16.9 Å². The summed E-state index contributed by atoms with van der Waals surface area (Å²) in [5, 5.41) is 20.9. The van der Waals surface area contributed by atoms with Crippen molar-refractivity contribution in [2.75, 3.05) is 25.4 Å². The Hall–Kier alpha value is -3.20. The molecule has 32 heavy (non-hydrogen) atoms. The minimum absolute atomic E-state index is 0.0868. The molecule has 4 heterocycles. The van der Waals surface area contributed by atoms with Crippen molar-refractivity contribution in [3.63, 3.8) is 0 Å². The van der Waals surface area contributed by atoms with Gasteiger partial charge in [-0.25, -0.2) is 14.6 Å². The highest BCUT2D eigenvalue weighted by Gasteiger charge is 2.25. The van der Waals surface area contributed by atoms with Gasteiger partial charge in [-0.2, -0.15) is 0 Å². The van der Waals surface area contributed by atoms with Crippen molar-refractivity contribution in [3.05, 3.63) is 11.9 Å². The number of nitrogen functional groups attached to an aromatic ring is 1. The normalized spacial score (nSPS) is 19.0. The largest absolute Gasteiger partial charge is 0.487 e. The van der Waals surface area contributed by atoms with Crippen molar-refractivity contribution < 1.29 is 19.2 Å². The van der Waals surface area contributed by atoms with Crippen molar-refractivity contribution in [3.8, 4) is 29.1 Å². The first-order valence-corrected chi connectivity index (χ1v) is 10.5. The number of nitrogens with one attached hydrogen (secondary N) is 1. The number of ether oxygens (including phenoxy) is 2. The molecule has 1 saturated heterocycles. The molecular formula is C21H27N7O4. The third kappa shape index (κ3) is 4.52. The van der Waals surface area contributed by atoms with E-state index in [1.807, 2.05) is 18.4 Å². The van der Waals surface area contributed by atoms with Gasteiger partial charge in [-0.1, -0.05) is 5.92 Å². The summed E-state index contributed by atoms with van der Waals surface area (Å²) in [5.41, 5.74) is 6.68. The number of aryl methyl sites for hydroxylation is 1. The number of nitrogens with two attached hydrogens (primary N) is 1. The zero-order chi connectivity index (χ0) is 22.9. The summed E-state index contributed by atoms with van der Waals surface area (Å²) in [6.07, 6.45) is 1.64. The van der Waals surface area contributed by atoms with E-state index in [9.17, 15) is 5.11 Å². The molecule has 11 nitrogen and oxygen atoms in total. The van der Waals surface area contributed by atoms with Gasteiger partial charge < -0.3 is 30.2 Å². The van der Waals surface area contributed by atoms with Gasteiger partial charge in [0.15, 0.2) is 23.1 Å². The lowest BCUT2D eigenvalue weighted by Crippen LogP contribution is -2.45. The van der Waals surface area contributed by atoms with Gasteiger partial charge in [0.05, 0.1) is 12.3 Å². The number of rotatable bonds is 5. The highest BCUT2D eigenvalue weighted by atomic mass is 16.6. The molecule has 3 aromatic heterocycles. The Morgan fingerprint density at radius 3 is 2.84 bits per heavy atom. The fourth-order valence-electron chi connectivity index (χ4n) is 3.52. The second-order valence-electron chi connectivity index (χ2n) is 8.19. The summed E-state index contributed by atoms with van der Waals surface area (Å²) in [4.78, 5) is 9.15. The van der Waals surface area contributed by atoms with Crippen LogP contribution < -0.4 is 15.8 Å². The third-order valence-electron chi connectivity index (χ3n) is 4.92. The monoisotopic (exact) mass is 441 g/mol. The number of hydrogen-bond donors (Lipinski definition) is 3. The predicted molar refractivity (Wildman–Crippen MR) is 117 cm³/mol. The van der Waals surface area contributed by atoms with E-state index < -0.39 is 5.60 Å². The van der Waals surface area contributed by atoms with Crippen LogP contribution in [-0.2, 0) is 11.3 Å². The van der Waals surface area contributed by atoms with Crippen molar-refractivity contribution in [2.45, 2.75) is 52.0 Å². The van der Waals surface area contributed by atoms with E-state index in [2.05, 4.69) is 32.5 Å². The van der Waals surface area contributed by atoms with Crippen LogP contribution in [0, 0.1) is 11.8 Å². The van der Waals surface area contributed by atoms with Crippen LogP contribution in [-0.4, -0.2) is 67.5 Å². The third-order valence-corrected chi connectivity index (χ3v) is 4.92. The molecule has 170 valence electrons. The van der Waals surface area contributed by atoms with Gasteiger partial charge in [-0.05, 0) is 43.9 Å². The zero-order valence-corrected chi connectivity index (χ0v) is 18.5. The Balaban J connectivity index is 1.80. The average molecular weight is 441 g/mol. The Morgan fingerprint density at radius 2 is 2.19 bits per heavy atom. The van der Waals surface area contributed by atoms with Gasteiger partial charge in [0.1, 0.15) is 35.0 Å². The predicted octanol–water partition coefficient (Wildman–Crippen LogP) is 0.962. The number of aromatic nitrogens is 5. The number of nitrogens with zero attached hydrogens (tertiary/aromatic N) is 5. The van der Waals surface area contributed by atoms with Crippen LogP contribution >= 0.6 is 0 Å². The molecule has 2 atom stereocenters.